The van der Waals surface area contributed by atoms with Crippen LogP contribution in [0.2, 0.25) is 0 Å². The van der Waals surface area contributed by atoms with Gasteiger partial charge in [0.1, 0.15) is 0 Å². The molecule has 1 aliphatic carbocycles. The first-order valence-corrected chi connectivity index (χ1v) is 8.07. The van der Waals surface area contributed by atoms with Gasteiger partial charge in [-0.2, -0.15) is 5.26 Å². The Morgan fingerprint density at radius 3 is 2.60 bits per heavy atom. The highest BCUT2D eigenvalue weighted by Gasteiger charge is 2.34. The lowest BCUT2D eigenvalue weighted by molar-refractivity contribution is 0.188. The number of hydrogen-bond acceptors (Lipinski definition) is 2. The van der Waals surface area contributed by atoms with Gasteiger partial charge in [0, 0.05) is 12.6 Å². The van der Waals surface area contributed by atoms with Crippen LogP contribution < -0.4 is 0 Å². The molecule has 3 atom stereocenters. The van der Waals surface area contributed by atoms with Crippen molar-refractivity contribution < 1.29 is 0 Å². The molecule has 3 rings (SSSR count). The largest absolute Gasteiger partial charge is 0.298 e. The molecule has 2 fully saturated rings. The normalized spacial score (nSPS) is 31.6. The van der Waals surface area contributed by atoms with Crippen molar-refractivity contribution in [1.29, 1.82) is 5.26 Å². The average molecular weight is 268 g/mol. The molecule has 2 aliphatic rings. The minimum atomic E-state index is 0.257. The molecule has 1 aromatic rings. The van der Waals surface area contributed by atoms with E-state index >= 15 is 0 Å². The van der Waals surface area contributed by atoms with Crippen molar-refractivity contribution in [3.05, 3.63) is 35.9 Å². The SMILES string of the molecule is N#CC1CCCCCC1N1CCC(c2ccccc2)C1. The minimum absolute atomic E-state index is 0.257. The first kappa shape index (κ1) is 13.6. The maximum atomic E-state index is 9.45. The van der Waals surface area contributed by atoms with Gasteiger partial charge in [-0.15, -0.1) is 0 Å². The molecule has 1 saturated heterocycles. The zero-order valence-corrected chi connectivity index (χ0v) is 12.2. The van der Waals surface area contributed by atoms with Gasteiger partial charge in [0.05, 0.1) is 12.0 Å². The standard InChI is InChI=1S/C18H24N2/c19-13-16-9-5-2-6-10-18(16)20-12-11-17(14-20)15-7-3-1-4-8-15/h1,3-4,7-8,16-18H,2,5-6,9-12,14H2. The Morgan fingerprint density at radius 2 is 1.80 bits per heavy atom. The maximum absolute atomic E-state index is 9.45. The van der Waals surface area contributed by atoms with Gasteiger partial charge in [0.2, 0.25) is 0 Å². The lowest BCUT2D eigenvalue weighted by Gasteiger charge is -2.30. The van der Waals surface area contributed by atoms with Crippen molar-refractivity contribution in [2.24, 2.45) is 5.92 Å². The van der Waals surface area contributed by atoms with Crippen LogP contribution in [0.4, 0.5) is 0 Å². The topological polar surface area (TPSA) is 27.0 Å². The maximum Gasteiger partial charge on any atom is 0.0672 e. The van der Waals surface area contributed by atoms with Crippen molar-refractivity contribution in [3.63, 3.8) is 0 Å². The number of benzene rings is 1. The third-order valence-corrected chi connectivity index (χ3v) is 5.10. The second-order valence-electron chi connectivity index (χ2n) is 6.33. The molecule has 1 aliphatic heterocycles. The first-order chi connectivity index (χ1) is 9.88. The molecule has 1 heterocycles. The van der Waals surface area contributed by atoms with Crippen LogP contribution in [0, 0.1) is 17.2 Å². The summed E-state index contributed by atoms with van der Waals surface area (Å²) in [5.41, 5.74) is 1.47. The van der Waals surface area contributed by atoms with E-state index in [1.54, 1.807) is 0 Å². The smallest absolute Gasteiger partial charge is 0.0672 e. The molecular weight excluding hydrogens is 244 g/mol. The summed E-state index contributed by atoms with van der Waals surface area (Å²) in [4.78, 5) is 2.61. The highest BCUT2D eigenvalue weighted by molar-refractivity contribution is 5.21. The zero-order valence-electron chi connectivity index (χ0n) is 12.2. The van der Waals surface area contributed by atoms with Crippen LogP contribution in [0.5, 0.6) is 0 Å². The second-order valence-corrected chi connectivity index (χ2v) is 6.33. The first-order valence-electron chi connectivity index (χ1n) is 8.07. The van der Waals surface area contributed by atoms with Crippen LogP contribution in [0.15, 0.2) is 30.3 Å². The van der Waals surface area contributed by atoms with Crippen molar-refractivity contribution in [3.8, 4) is 6.07 Å². The van der Waals surface area contributed by atoms with Crippen molar-refractivity contribution in [2.45, 2.75) is 50.5 Å². The fraction of sp³-hybridized carbons (Fsp3) is 0.611. The summed E-state index contributed by atoms with van der Waals surface area (Å²) in [5, 5.41) is 9.45. The third-order valence-electron chi connectivity index (χ3n) is 5.10. The van der Waals surface area contributed by atoms with Gasteiger partial charge in [-0.1, -0.05) is 49.6 Å². The van der Waals surface area contributed by atoms with Gasteiger partial charge in [-0.3, -0.25) is 4.90 Å². The van der Waals surface area contributed by atoms with E-state index in [1.165, 1.54) is 44.2 Å². The van der Waals surface area contributed by atoms with Crippen molar-refractivity contribution >= 4 is 0 Å². The van der Waals surface area contributed by atoms with E-state index in [-0.39, 0.29) is 5.92 Å². The summed E-state index contributed by atoms with van der Waals surface area (Å²) in [7, 11) is 0. The van der Waals surface area contributed by atoms with E-state index in [4.69, 9.17) is 0 Å². The molecule has 0 radical (unpaired) electrons. The van der Waals surface area contributed by atoms with Gasteiger partial charge in [-0.05, 0) is 37.3 Å². The van der Waals surface area contributed by atoms with E-state index in [1.807, 2.05) is 0 Å². The second kappa shape index (κ2) is 6.41. The van der Waals surface area contributed by atoms with E-state index in [0.717, 1.165) is 13.0 Å². The predicted molar refractivity (Wildman–Crippen MR) is 81.3 cm³/mol. The monoisotopic (exact) mass is 268 g/mol. The molecule has 0 spiro atoms. The number of nitriles is 1. The van der Waals surface area contributed by atoms with Gasteiger partial charge >= 0.3 is 0 Å². The van der Waals surface area contributed by atoms with Gasteiger partial charge in [0.25, 0.3) is 0 Å². The summed E-state index contributed by atoms with van der Waals surface area (Å²) in [6.07, 6.45) is 7.43. The van der Waals surface area contributed by atoms with Crippen molar-refractivity contribution in [1.82, 2.24) is 4.90 Å². The minimum Gasteiger partial charge on any atom is -0.298 e. The molecule has 0 amide bonds. The average Bonchev–Trinajstić information content (AvgIpc) is 2.87. The summed E-state index contributed by atoms with van der Waals surface area (Å²) >= 11 is 0. The fourth-order valence-corrected chi connectivity index (χ4v) is 3.96. The Morgan fingerprint density at radius 1 is 1.00 bits per heavy atom. The molecule has 0 aromatic heterocycles. The number of hydrogen-bond donors (Lipinski definition) is 0. The molecule has 1 aromatic carbocycles. The molecule has 3 unspecified atom stereocenters. The summed E-state index contributed by atoms with van der Waals surface area (Å²) in [6.45, 7) is 2.31. The quantitative estimate of drug-likeness (QED) is 0.759. The Hall–Kier alpha value is -1.33. The van der Waals surface area contributed by atoms with E-state index < -0.39 is 0 Å². The van der Waals surface area contributed by atoms with Crippen LogP contribution in [-0.4, -0.2) is 24.0 Å². The lowest BCUT2D eigenvalue weighted by Crippen LogP contribution is -2.38. The predicted octanol–water partition coefficient (Wildman–Crippen LogP) is 3.95. The summed E-state index contributed by atoms with van der Waals surface area (Å²) < 4.78 is 0. The van der Waals surface area contributed by atoms with Crippen LogP contribution in [0.25, 0.3) is 0 Å². The van der Waals surface area contributed by atoms with E-state index in [9.17, 15) is 5.26 Å². The van der Waals surface area contributed by atoms with Crippen LogP contribution >= 0.6 is 0 Å². The molecule has 0 bridgehead atoms. The number of likely N-dealkylation sites (tertiary alicyclic amines) is 1. The van der Waals surface area contributed by atoms with Gasteiger partial charge in [-0.25, -0.2) is 0 Å². The Balaban J connectivity index is 1.68. The zero-order chi connectivity index (χ0) is 13.8. The number of rotatable bonds is 2. The lowest BCUT2D eigenvalue weighted by atomic mass is 9.94. The summed E-state index contributed by atoms with van der Waals surface area (Å²) in [6, 6.07) is 14.0. The Bertz CT molecular complexity index is 462. The molecule has 0 N–H and O–H groups in total. The molecule has 106 valence electrons. The molecule has 1 saturated carbocycles. The van der Waals surface area contributed by atoms with Gasteiger partial charge < -0.3 is 0 Å². The molecule has 2 heteroatoms. The molecule has 2 nitrogen and oxygen atoms in total. The highest BCUT2D eigenvalue weighted by atomic mass is 15.2. The molecule has 20 heavy (non-hydrogen) atoms. The van der Waals surface area contributed by atoms with Crippen LogP contribution in [-0.2, 0) is 0 Å². The van der Waals surface area contributed by atoms with Crippen molar-refractivity contribution in [2.75, 3.05) is 13.1 Å². The molecular formula is C18H24N2. The van der Waals surface area contributed by atoms with Crippen LogP contribution in [0.1, 0.15) is 50.0 Å². The Kier molecular flexibility index (Phi) is 4.38. The van der Waals surface area contributed by atoms with E-state index in [0.29, 0.717) is 12.0 Å². The summed E-state index contributed by atoms with van der Waals surface area (Å²) in [5.74, 6) is 0.922. The highest BCUT2D eigenvalue weighted by Crippen LogP contribution is 2.34. The third kappa shape index (κ3) is 2.88. The fourth-order valence-electron chi connectivity index (χ4n) is 3.96. The number of nitrogens with zero attached hydrogens (tertiary/aromatic N) is 2. The van der Waals surface area contributed by atoms with Crippen LogP contribution in [0.3, 0.4) is 0 Å². The van der Waals surface area contributed by atoms with E-state index in [2.05, 4.69) is 41.3 Å². The van der Waals surface area contributed by atoms with Gasteiger partial charge in [0.15, 0.2) is 0 Å². The Labute approximate surface area is 122 Å².